The molecule has 1 aromatic rings. The lowest BCUT2D eigenvalue weighted by molar-refractivity contribution is 0.333. The average molecular weight is 261 g/mol. The van der Waals surface area contributed by atoms with Gasteiger partial charge in [-0.25, -0.2) is 0 Å². The van der Waals surface area contributed by atoms with Crippen LogP contribution in [0.4, 0.5) is 0 Å². The van der Waals surface area contributed by atoms with Crippen LogP contribution < -0.4 is 10.5 Å². The summed E-state index contributed by atoms with van der Waals surface area (Å²) < 4.78 is 6.56. The summed E-state index contributed by atoms with van der Waals surface area (Å²) in [7, 11) is 0. The Morgan fingerprint density at radius 2 is 2.36 bits per heavy atom. The molecule has 0 saturated heterocycles. The Bertz CT molecular complexity index is 287. The van der Waals surface area contributed by atoms with E-state index in [2.05, 4.69) is 22.6 Å². The first-order valence-electron chi connectivity index (χ1n) is 3.46. The highest BCUT2D eigenvalue weighted by atomic mass is 127. The van der Waals surface area contributed by atoms with Crippen LogP contribution in [0.3, 0.4) is 0 Å². The fourth-order valence-corrected chi connectivity index (χ4v) is 2.14. The molecule has 2 rings (SSSR count). The molecule has 1 aliphatic rings. The van der Waals surface area contributed by atoms with Gasteiger partial charge in [0.25, 0.3) is 0 Å². The molecule has 0 bridgehead atoms. The maximum absolute atomic E-state index is 5.82. The summed E-state index contributed by atoms with van der Waals surface area (Å²) in [5.41, 5.74) is 6.98. The minimum absolute atomic E-state index is 0.0677. The van der Waals surface area contributed by atoms with Crippen LogP contribution in [0, 0.1) is 3.57 Å². The Morgan fingerprint density at radius 1 is 1.55 bits per heavy atom. The zero-order chi connectivity index (χ0) is 7.84. The smallest absolute Gasteiger partial charge is 0.125 e. The summed E-state index contributed by atoms with van der Waals surface area (Å²) in [6.07, 6.45) is 0. The highest BCUT2D eigenvalue weighted by molar-refractivity contribution is 14.1. The fourth-order valence-electron chi connectivity index (χ4n) is 1.27. The number of nitrogens with two attached hydrogens (primary N) is 1. The summed E-state index contributed by atoms with van der Waals surface area (Å²) in [5.74, 6) is 0.949. The van der Waals surface area contributed by atoms with Crippen molar-refractivity contribution in [1.82, 2.24) is 0 Å². The van der Waals surface area contributed by atoms with Crippen LogP contribution in [0.1, 0.15) is 11.6 Å². The highest BCUT2D eigenvalue weighted by Crippen LogP contribution is 2.33. The van der Waals surface area contributed by atoms with E-state index in [1.807, 2.05) is 18.2 Å². The number of hydrogen-bond acceptors (Lipinski definition) is 2. The van der Waals surface area contributed by atoms with Crippen LogP contribution in [0.2, 0.25) is 0 Å². The van der Waals surface area contributed by atoms with E-state index in [1.165, 1.54) is 3.57 Å². The Labute approximate surface area is 78.9 Å². The van der Waals surface area contributed by atoms with Crippen molar-refractivity contribution in [1.29, 1.82) is 0 Å². The molecule has 11 heavy (non-hydrogen) atoms. The molecule has 1 heterocycles. The summed E-state index contributed by atoms with van der Waals surface area (Å²) in [5, 5.41) is 0. The molecule has 0 aliphatic carbocycles. The highest BCUT2D eigenvalue weighted by Gasteiger charge is 2.22. The predicted molar refractivity (Wildman–Crippen MR) is 51.6 cm³/mol. The van der Waals surface area contributed by atoms with Crippen LogP contribution in [0.15, 0.2) is 18.2 Å². The van der Waals surface area contributed by atoms with Gasteiger partial charge in [-0.2, -0.15) is 0 Å². The predicted octanol–water partition coefficient (Wildman–Crippen LogP) is 1.68. The molecule has 3 heteroatoms. The van der Waals surface area contributed by atoms with E-state index in [1.54, 1.807) is 0 Å². The first kappa shape index (κ1) is 7.36. The SMILES string of the molecule is N[C@H]1COc2cccc(I)c21. The number of rotatable bonds is 0. The average Bonchev–Trinajstić information content (AvgIpc) is 2.34. The Morgan fingerprint density at radius 3 is 3.09 bits per heavy atom. The van der Waals surface area contributed by atoms with Crippen molar-refractivity contribution in [2.75, 3.05) is 6.61 Å². The van der Waals surface area contributed by atoms with Gasteiger partial charge >= 0.3 is 0 Å². The van der Waals surface area contributed by atoms with Crippen molar-refractivity contribution in [3.63, 3.8) is 0 Å². The number of hydrogen-bond donors (Lipinski definition) is 1. The normalized spacial score (nSPS) is 21.1. The molecule has 0 unspecified atom stereocenters. The lowest BCUT2D eigenvalue weighted by Crippen LogP contribution is -2.11. The van der Waals surface area contributed by atoms with Gasteiger partial charge in [-0.05, 0) is 34.7 Å². The van der Waals surface area contributed by atoms with Crippen molar-refractivity contribution >= 4 is 22.6 Å². The molecule has 1 aliphatic heterocycles. The van der Waals surface area contributed by atoms with Gasteiger partial charge in [0.05, 0.1) is 6.04 Å². The van der Waals surface area contributed by atoms with Gasteiger partial charge in [0.1, 0.15) is 12.4 Å². The van der Waals surface area contributed by atoms with Crippen LogP contribution >= 0.6 is 22.6 Å². The van der Waals surface area contributed by atoms with Crippen molar-refractivity contribution in [3.05, 3.63) is 27.3 Å². The van der Waals surface area contributed by atoms with E-state index < -0.39 is 0 Å². The largest absolute Gasteiger partial charge is 0.491 e. The van der Waals surface area contributed by atoms with Gasteiger partial charge in [-0.15, -0.1) is 0 Å². The lowest BCUT2D eigenvalue weighted by Gasteiger charge is -2.02. The molecule has 0 fully saturated rings. The molecule has 1 atom stereocenters. The monoisotopic (exact) mass is 261 g/mol. The molecule has 0 radical (unpaired) electrons. The van der Waals surface area contributed by atoms with Gasteiger partial charge in [0.15, 0.2) is 0 Å². The van der Waals surface area contributed by atoms with Gasteiger partial charge in [0, 0.05) is 9.13 Å². The first-order chi connectivity index (χ1) is 5.29. The van der Waals surface area contributed by atoms with Crippen molar-refractivity contribution < 1.29 is 4.74 Å². The second-order valence-electron chi connectivity index (χ2n) is 2.57. The van der Waals surface area contributed by atoms with E-state index in [9.17, 15) is 0 Å². The number of ether oxygens (including phenoxy) is 1. The zero-order valence-electron chi connectivity index (χ0n) is 5.88. The molecule has 2 nitrogen and oxygen atoms in total. The third-order valence-corrected chi connectivity index (χ3v) is 2.74. The standard InChI is InChI=1S/C8H8INO/c9-5-2-1-3-7-8(5)6(10)4-11-7/h1-3,6H,4,10H2/t6-/m0/s1. The molecular formula is C8H8INO. The molecule has 2 N–H and O–H groups in total. The molecular weight excluding hydrogens is 253 g/mol. The molecule has 1 aromatic carbocycles. The molecule has 0 amide bonds. The minimum atomic E-state index is 0.0677. The fraction of sp³-hybridized carbons (Fsp3) is 0.250. The number of benzene rings is 1. The maximum Gasteiger partial charge on any atom is 0.125 e. The third kappa shape index (κ3) is 1.12. The maximum atomic E-state index is 5.82. The minimum Gasteiger partial charge on any atom is -0.491 e. The van der Waals surface area contributed by atoms with E-state index >= 15 is 0 Å². The summed E-state index contributed by atoms with van der Waals surface area (Å²) in [6, 6.07) is 6.06. The van der Waals surface area contributed by atoms with Gasteiger partial charge < -0.3 is 10.5 Å². The van der Waals surface area contributed by atoms with E-state index in [4.69, 9.17) is 10.5 Å². The van der Waals surface area contributed by atoms with E-state index in [0.29, 0.717) is 6.61 Å². The van der Waals surface area contributed by atoms with Gasteiger partial charge in [0.2, 0.25) is 0 Å². The Kier molecular flexibility index (Phi) is 1.77. The van der Waals surface area contributed by atoms with Crippen LogP contribution in [0.5, 0.6) is 5.75 Å². The van der Waals surface area contributed by atoms with Crippen molar-refractivity contribution in [3.8, 4) is 5.75 Å². The van der Waals surface area contributed by atoms with Crippen LogP contribution in [-0.4, -0.2) is 6.61 Å². The van der Waals surface area contributed by atoms with Gasteiger partial charge in [-0.1, -0.05) is 6.07 Å². The Hall–Kier alpha value is -0.290. The van der Waals surface area contributed by atoms with Crippen LogP contribution in [0.25, 0.3) is 0 Å². The molecule has 58 valence electrons. The third-order valence-electron chi connectivity index (χ3n) is 1.80. The second kappa shape index (κ2) is 2.64. The topological polar surface area (TPSA) is 35.2 Å². The van der Waals surface area contributed by atoms with Gasteiger partial charge in [-0.3, -0.25) is 0 Å². The van der Waals surface area contributed by atoms with Crippen molar-refractivity contribution in [2.24, 2.45) is 5.73 Å². The molecule has 0 spiro atoms. The first-order valence-corrected chi connectivity index (χ1v) is 4.53. The summed E-state index contributed by atoms with van der Waals surface area (Å²) in [4.78, 5) is 0. The number of halogens is 1. The molecule has 0 aromatic heterocycles. The summed E-state index contributed by atoms with van der Waals surface area (Å²) in [6.45, 7) is 0.620. The second-order valence-corrected chi connectivity index (χ2v) is 3.73. The summed E-state index contributed by atoms with van der Waals surface area (Å²) >= 11 is 2.28. The molecule has 0 saturated carbocycles. The van der Waals surface area contributed by atoms with E-state index in [-0.39, 0.29) is 6.04 Å². The Balaban J connectivity index is 2.58. The van der Waals surface area contributed by atoms with Crippen molar-refractivity contribution in [2.45, 2.75) is 6.04 Å². The number of fused-ring (bicyclic) bond motifs is 1. The lowest BCUT2D eigenvalue weighted by atomic mass is 10.1. The van der Waals surface area contributed by atoms with Crippen LogP contribution in [-0.2, 0) is 0 Å². The zero-order valence-corrected chi connectivity index (χ0v) is 8.04. The quantitative estimate of drug-likeness (QED) is 0.721. The van der Waals surface area contributed by atoms with E-state index in [0.717, 1.165) is 11.3 Å².